The predicted molar refractivity (Wildman–Crippen MR) is 39.5 cm³/mol. The summed E-state index contributed by atoms with van der Waals surface area (Å²) in [5.74, 6) is -4.48. The standard InChI is InChI=1S/C5H9F2NO4S/c1-3(4(9)12-2)8-13(10,11)5(6)7/h3,5,8H,1-2H3. The van der Waals surface area contributed by atoms with E-state index in [1.54, 1.807) is 0 Å². The average molecular weight is 217 g/mol. The van der Waals surface area contributed by atoms with Gasteiger partial charge in [-0.15, -0.1) is 0 Å². The second-order valence-corrected chi connectivity index (χ2v) is 3.85. The molecule has 0 fully saturated rings. The van der Waals surface area contributed by atoms with E-state index in [4.69, 9.17) is 0 Å². The maximum Gasteiger partial charge on any atom is 0.350 e. The normalized spacial score (nSPS) is 14.2. The summed E-state index contributed by atoms with van der Waals surface area (Å²) in [5.41, 5.74) is 0. The molecule has 0 radical (unpaired) electrons. The molecule has 0 saturated heterocycles. The molecular formula is C5H9F2NO4S. The summed E-state index contributed by atoms with van der Waals surface area (Å²) < 4.78 is 50.0. The number of sulfonamides is 1. The highest BCUT2D eigenvalue weighted by Gasteiger charge is 2.28. The Labute approximate surface area is 74.1 Å². The highest BCUT2D eigenvalue weighted by Crippen LogP contribution is 2.03. The maximum absolute atomic E-state index is 11.7. The Morgan fingerprint density at radius 2 is 1.92 bits per heavy atom. The van der Waals surface area contributed by atoms with Gasteiger partial charge in [0, 0.05) is 0 Å². The van der Waals surface area contributed by atoms with Gasteiger partial charge in [0.05, 0.1) is 7.11 Å². The predicted octanol–water partition coefficient (Wildman–Crippen LogP) is -0.310. The van der Waals surface area contributed by atoms with Crippen LogP contribution in [0.5, 0.6) is 0 Å². The molecule has 0 aliphatic carbocycles. The number of methoxy groups -OCH3 is 1. The van der Waals surface area contributed by atoms with Gasteiger partial charge in [-0.1, -0.05) is 0 Å². The molecule has 0 heterocycles. The third kappa shape index (κ3) is 3.64. The number of hydrogen-bond acceptors (Lipinski definition) is 4. The van der Waals surface area contributed by atoms with Crippen molar-refractivity contribution in [3.63, 3.8) is 0 Å². The summed E-state index contributed by atoms with van der Waals surface area (Å²) in [5, 5.41) is 0. The van der Waals surface area contributed by atoms with Crippen molar-refractivity contribution in [1.29, 1.82) is 0 Å². The van der Waals surface area contributed by atoms with Gasteiger partial charge < -0.3 is 4.74 Å². The van der Waals surface area contributed by atoms with E-state index < -0.39 is 27.8 Å². The van der Waals surface area contributed by atoms with Crippen molar-refractivity contribution in [1.82, 2.24) is 4.72 Å². The first kappa shape index (κ1) is 12.2. The fourth-order valence-electron chi connectivity index (χ4n) is 0.523. The molecule has 0 bridgehead atoms. The van der Waals surface area contributed by atoms with Gasteiger partial charge in [0.2, 0.25) is 0 Å². The van der Waals surface area contributed by atoms with Gasteiger partial charge in [0.15, 0.2) is 0 Å². The van der Waals surface area contributed by atoms with E-state index in [9.17, 15) is 22.0 Å². The van der Waals surface area contributed by atoms with Crippen molar-refractivity contribution in [2.75, 3.05) is 7.11 Å². The number of carbonyl (C=O) groups excluding carboxylic acids is 1. The van der Waals surface area contributed by atoms with Gasteiger partial charge in [0.25, 0.3) is 10.0 Å². The minimum Gasteiger partial charge on any atom is -0.468 e. The van der Waals surface area contributed by atoms with Crippen LogP contribution in [0.15, 0.2) is 0 Å². The molecule has 0 saturated carbocycles. The molecule has 1 unspecified atom stereocenters. The van der Waals surface area contributed by atoms with E-state index in [-0.39, 0.29) is 0 Å². The van der Waals surface area contributed by atoms with Crippen LogP contribution >= 0.6 is 0 Å². The van der Waals surface area contributed by atoms with E-state index in [0.29, 0.717) is 0 Å². The highest BCUT2D eigenvalue weighted by molar-refractivity contribution is 7.89. The Balaban J connectivity index is 4.38. The van der Waals surface area contributed by atoms with Crippen molar-refractivity contribution >= 4 is 16.0 Å². The Morgan fingerprint density at radius 3 is 2.23 bits per heavy atom. The van der Waals surface area contributed by atoms with Crippen LogP contribution in [-0.4, -0.2) is 33.3 Å². The van der Waals surface area contributed by atoms with Gasteiger partial charge in [-0.2, -0.15) is 13.5 Å². The van der Waals surface area contributed by atoms with Crippen LogP contribution in [0.2, 0.25) is 0 Å². The molecule has 0 aliphatic rings. The lowest BCUT2D eigenvalue weighted by molar-refractivity contribution is -0.142. The van der Waals surface area contributed by atoms with Crippen molar-refractivity contribution in [2.45, 2.75) is 18.7 Å². The second-order valence-electron chi connectivity index (χ2n) is 2.17. The molecule has 0 rings (SSSR count). The van der Waals surface area contributed by atoms with Crippen LogP contribution in [0.1, 0.15) is 6.92 Å². The minimum atomic E-state index is -4.74. The molecule has 1 atom stereocenters. The smallest absolute Gasteiger partial charge is 0.350 e. The Hall–Kier alpha value is -0.760. The Bertz CT molecular complexity index is 276. The SMILES string of the molecule is COC(=O)C(C)NS(=O)(=O)C(F)F. The lowest BCUT2D eigenvalue weighted by atomic mass is 10.4. The zero-order valence-corrected chi connectivity index (χ0v) is 7.77. The van der Waals surface area contributed by atoms with Crippen molar-refractivity contribution < 1.29 is 26.7 Å². The van der Waals surface area contributed by atoms with E-state index in [0.717, 1.165) is 14.0 Å². The van der Waals surface area contributed by atoms with Crippen molar-refractivity contribution in [3.8, 4) is 0 Å². The van der Waals surface area contributed by atoms with E-state index in [1.165, 1.54) is 4.72 Å². The molecule has 8 heteroatoms. The largest absolute Gasteiger partial charge is 0.468 e. The number of alkyl halides is 2. The first-order valence-electron chi connectivity index (χ1n) is 3.18. The Morgan fingerprint density at radius 1 is 1.46 bits per heavy atom. The van der Waals surface area contributed by atoms with Gasteiger partial charge in [-0.25, -0.2) is 8.42 Å². The van der Waals surface area contributed by atoms with E-state index in [2.05, 4.69) is 4.74 Å². The number of nitrogens with one attached hydrogen (secondary N) is 1. The molecule has 0 aliphatic heterocycles. The van der Waals surface area contributed by atoms with Crippen LogP contribution in [0.25, 0.3) is 0 Å². The van der Waals surface area contributed by atoms with Gasteiger partial charge in [-0.3, -0.25) is 4.79 Å². The fourth-order valence-corrected chi connectivity index (χ4v) is 1.21. The number of halogens is 2. The first-order chi connectivity index (χ1) is 5.81. The minimum absolute atomic E-state index is 0.927. The van der Waals surface area contributed by atoms with E-state index in [1.807, 2.05) is 0 Å². The molecule has 5 nitrogen and oxygen atoms in total. The molecule has 1 N–H and O–H groups in total. The second kappa shape index (κ2) is 4.47. The van der Waals surface area contributed by atoms with Crippen LogP contribution in [0.3, 0.4) is 0 Å². The van der Waals surface area contributed by atoms with Crippen molar-refractivity contribution in [3.05, 3.63) is 0 Å². The summed E-state index contributed by atoms with van der Waals surface area (Å²) in [7, 11) is -3.71. The number of rotatable bonds is 4. The van der Waals surface area contributed by atoms with Crippen LogP contribution < -0.4 is 4.72 Å². The summed E-state index contributed by atoms with van der Waals surface area (Å²) in [4.78, 5) is 10.6. The highest BCUT2D eigenvalue weighted by atomic mass is 32.2. The van der Waals surface area contributed by atoms with Crippen molar-refractivity contribution in [2.24, 2.45) is 0 Å². The quantitative estimate of drug-likeness (QED) is 0.655. The third-order valence-corrected chi connectivity index (χ3v) is 2.28. The first-order valence-corrected chi connectivity index (χ1v) is 4.73. The molecule has 0 aromatic heterocycles. The lowest BCUT2D eigenvalue weighted by Crippen LogP contribution is -2.41. The number of hydrogen-bond donors (Lipinski definition) is 1. The molecule has 0 aromatic carbocycles. The summed E-state index contributed by atoms with van der Waals surface area (Å²) in [6.07, 6.45) is 0. The summed E-state index contributed by atoms with van der Waals surface area (Å²) in [6.45, 7) is 1.10. The zero-order valence-electron chi connectivity index (χ0n) is 6.95. The lowest BCUT2D eigenvalue weighted by Gasteiger charge is -2.10. The fraction of sp³-hybridized carbons (Fsp3) is 0.800. The number of ether oxygens (including phenoxy) is 1. The topological polar surface area (TPSA) is 72.5 Å². The molecule has 0 aromatic rings. The van der Waals surface area contributed by atoms with E-state index >= 15 is 0 Å². The third-order valence-electron chi connectivity index (χ3n) is 1.13. The summed E-state index contributed by atoms with van der Waals surface area (Å²) in [6, 6.07) is -1.32. The average Bonchev–Trinajstić information content (AvgIpc) is 2.01. The zero-order chi connectivity index (χ0) is 10.6. The summed E-state index contributed by atoms with van der Waals surface area (Å²) >= 11 is 0. The molecule has 78 valence electrons. The molecular weight excluding hydrogens is 208 g/mol. The Kier molecular flexibility index (Phi) is 4.21. The number of esters is 1. The van der Waals surface area contributed by atoms with Gasteiger partial charge in [0.1, 0.15) is 6.04 Å². The van der Waals surface area contributed by atoms with Crippen LogP contribution in [0.4, 0.5) is 8.78 Å². The molecule has 13 heavy (non-hydrogen) atoms. The molecule has 0 spiro atoms. The van der Waals surface area contributed by atoms with Crippen LogP contribution in [0, 0.1) is 0 Å². The maximum atomic E-state index is 11.7. The van der Waals surface area contributed by atoms with Gasteiger partial charge in [-0.05, 0) is 6.92 Å². The number of carbonyl (C=O) groups is 1. The monoisotopic (exact) mass is 217 g/mol. The van der Waals surface area contributed by atoms with Crippen LogP contribution in [-0.2, 0) is 19.6 Å². The van der Waals surface area contributed by atoms with Gasteiger partial charge >= 0.3 is 11.7 Å². The molecule has 0 amide bonds.